The van der Waals surface area contributed by atoms with Crippen LogP contribution in [0, 0.1) is 5.92 Å². The minimum atomic E-state index is 0.364. The maximum absolute atomic E-state index is 6.02. The zero-order valence-corrected chi connectivity index (χ0v) is 11.3. The summed E-state index contributed by atoms with van der Waals surface area (Å²) in [5.41, 5.74) is 9.17. The molecule has 1 saturated heterocycles. The van der Waals surface area contributed by atoms with Crippen molar-refractivity contribution in [2.24, 2.45) is 11.7 Å². The number of nitrogens with zero attached hydrogens (tertiary/aromatic N) is 1. The van der Waals surface area contributed by atoms with E-state index in [-0.39, 0.29) is 0 Å². The zero-order valence-electron chi connectivity index (χ0n) is 11.3. The van der Waals surface area contributed by atoms with Gasteiger partial charge in [-0.25, -0.2) is 0 Å². The van der Waals surface area contributed by atoms with Crippen LogP contribution in [-0.2, 0) is 6.42 Å². The minimum Gasteiger partial charge on any atom is -0.328 e. The Morgan fingerprint density at radius 3 is 2.61 bits per heavy atom. The number of hydrogen-bond donors (Lipinski definition) is 1. The highest BCUT2D eigenvalue weighted by molar-refractivity contribution is 5.34. The molecular weight excluding hydrogens is 220 g/mol. The lowest BCUT2D eigenvalue weighted by Crippen LogP contribution is -2.40. The van der Waals surface area contributed by atoms with Crippen LogP contribution in [0.5, 0.6) is 0 Å². The third kappa shape index (κ3) is 2.19. The molecule has 2 aliphatic rings. The number of hydrogen-bond acceptors (Lipinski definition) is 2. The van der Waals surface area contributed by atoms with Crippen LogP contribution in [0.15, 0.2) is 24.3 Å². The van der Waals surface area contributed by atoms with Crippen molar-refractivity contribution in [3.8, 4) is 0 Å². The van der Waals surface area contributed by atoms with Gasteiger partial charge in [0.25, 0.3) is 0 Å². The van der Waals surface area contributed by atoms with Crippen LogP contribution in [-0.4, -0.2) is 24.0 Å². The first-order chi connectivity index (χ1) is 8.75. The van der Waals surface area contributed by atoms with E-state index in [1.807, 2.05) is 0 Å². The fourth-order valence-corrected chi connectivity index (χ4v) is 3.67. The van der Waals surface area contributed by atoms with Crippen molar-refractivity contribution in [3.05, 3.63) is 35.4 Å². The summed E-state index contributed by atoms with van der Waals surface area (Å²) in [7, 11) is 0. The number of likely N-dealkylation sites (tertiary alicyclic amines) is 1. The second kappa shape index (κ2) is 5.02. The van der Waals surface area contributed by atoms with Gasteiger partial charge in [-0.1, -0.05) is 24.3 Å². The van der Waals surface area contributed by atoms with E-state index in [1.165, 1.54) is 38.8 Å². The quantitative estimate of drug-likeness (QED) is 0.866. The van der Waals surface area contributed by atoms with Gasteiger partial charge in [0, 0.05) is 12.1 Å². The lowest BCUT2D eigenvalue weighted by atomic mass is 9.89. The number of benzene rings is 1. The van der Waals surface area contributed by atoms with Crippen molar-refractivity contribution in [1.29, 1.82) is 0 Å². The molecule has 0 radical (unpaired) electrons. The molecule has 1 aliphatic heterocycles. The zero-order chi connectivity index (χ0) is 12.5. The Labute approximate surface area is 110 Å². The Hall–Kier alpha value is -0.860. The molecule has 0 bridgehead atoms. The lowest BCUT2D eigenvalue weighted by molar-refractivity contribution is 0.124. The topological polar surface area (TPSA) is 29.3 Å². The van der Waals surface area contributed by atoms with Crippen molar-refractivity contribution < 1.29 is 0 Å². The molecule has 18 heavy (non-hydrogen) atoms. The first-order valence-electron chi connectivity index (χ1n) is 7.33. The molecule has 0 saturated carbocycles. The maximum atomic E-state index is 6.02. The number of aryl methyl sites for hydroxylation is 1. The molecule has 1 fully saturated rings. The third-order valence-electron chi connectivity index (χ3n) is 4.86. The molecule has 1 aromatic rings. The highest BCUT2D eigenvalue weighted by Gasteiger charge is 2.31. The Morgan fingerprint density at radius 1 is 1.17 bits per heavy atom. The van der Waals surface area contributed by atoms with Gasteiger partial charge in [-0.15, -0.1) is 0 Å². The second-order valence-electron chi connectivity index (χ2n) is 5.99. The van der Waals surface area contributed by atoms with E-state index < -0.39 is 0 Å². The molecule has 2 heteroatoms. The van der Waals surface area contributed by atoms with Crippen LogP contribution >= 0.6 is 0 Å². The van der Waals surface area contributed by atoms with Gasteiger partial charge in [0.2, 0.25) is 0 Å². The fraction of sp³-hybridized carbons (Fsp3) is 0.625. The van der Waals surface area contributed by atoms with Crippen molar-refractivity contribution in [1.82, 2.24) is 4.90 Å². The van der Waals surface area contributed by atoms with Gasteiger partial charge in [-0.05, 0) is 62.7 Å². The average Bonchev–Trinajstić information content (AvgIpc) is 2.82. The molecule has 98 valence electrons. The van der Waals surface area contributed by atoms with E-state index in [0.29, 0.717) is 12.1 Å². The third-order valence-corrected chi connectivity index (χ3v) is 4.86. The van der Waals surface area contributed by atoms with Crippen LogP contribution in [0.4, 0.5) is 0 Å². The van der Waals surface area contributed by atoms with Gasteiger partial charge in [0.05, 0.1) is 0 Å². The molecule has 3 rings (SSSR count). The van der Waals surface area contributed by atoms with E-state index in [9.17, 15) is 0 Å². The summed E-state index contributed by atoms with van der Waals surface area (Å²) in [6.45, 7) is 4.61. The number of fused-ring (bicyclic) bond motifs is 1. The Bertz CT molecular complexity index is 405. The molecule has 0 aromatic heterocycles. The van der Waals surface area contributed by atoms with E-state index in [4.69, 9.17) is 5.73 Å². The molecule has 2 unspecified atom stereocenters. The summed E-state index contributed by atoms with van der Waals surface area (Å²) in [6.07, 6.45) is 5.11. The summed E-state index contributed by atoms with van der Waals surface area (Å²) in [4.78, 5) is 2.69. The number of piperidine rings is 1. The van der Waals surface area contributed by atoms with Crippen molar-refractivity contribution in [3.63, 3.8) is 0 Å². The largest absolute Gasteiger partial charge is 0.328 e. The van der Waals surface area contributed by atoms with E-state index in [1.54, 1.807) is 11.1 Å². The molecular formula is C16H24N2. The molecule has 2 N–H and O–H groups in total. The van der Waals surface area contributed by atoms with Crippen molar-refractivity contribution in [2.75, 3.05) is 13.1 Å². The molecule has 0 amide bonds. The van der Waals surface area contributed by atoms with Crippen molar-refractivity contribution in [2.45, 2.75) is 44.7 Å². The van der Waals surface area contributed by atoms with Gasteiger partial charge in [-0.3, -0.25) is 4.90 Å². The molecule has 2 nitrogen and oxygen atoms in total. The average molecular weight is 244 g/mol. The first-order valence-corrected chi connectivity index (χ1v) is 7.33. The van der Waals surface area contributed by atoms with Crippen LogP contribution in [0.2, 0.25) is 0 Å². The molecule has 1 aromatic carbocycles. The van der Waals surface area contributed by atoms with E-state index >= 15 is 0 Å². The van der Waals surface area contributed by atoms with Crippen LogP contribution in [0.1, 0.15) is 43.4 Å². The second-order valence-corrected chi connectivity index (χ2v) is 5.99. The molecule has 0 spiro atoms. The highest BCUT2D eigenvalue weighted by Crippen LogP contribution is 2.37. The summed E-state index contributed by atoms with van der Waals surface area (Å²) in [5, 5.41) is 0. The number of nitrogens with two attached hydrogens (primary N) is 1. The van der Waals surface area contributed by atoms with Crippen LogP contribution in [0.3, 0.4) is 0 Å². The van der Waals surface area contributed by atoms with Crippen molar-refractivity contribution >= 4 is 0 Å². The smallest absolute Gasteiger partial charge is 0.0354 e. The normalized spacial score (nSPS) is 27.1. The van der Waals surface area contributed by atoms with Crippen LogP contribution < -0.4 is 5.73 Å². The highest BCUT2D eigenvalue weighted by atomic mass is 15.2. The predicted octanol–water partition coefficient (Wildman–Crippen LogP) is 2.73. The van der Waals surface area contributed by atoms with E-state index in [2.05, 4.69) is 36.1 Å². The predicted molar refractivity (Wildman–Crippen MR) is 75.5 cm³/mol. The SMILES string of the molecule is CC(N)C1CCN(C2CCc3ccccc32)CC1. The summed E-state index contributed by atoms with van der Waals surface area (Å²) in [5.74, 6) is 0.734. The van der Waals surface area contributed by atoms with Gasteiger partial charge in [0.1, 0.15) is 0 Å². The molecule has 2 atom stereocenters. The summed E-state index contributed by atoms with van der Waals surface area (Å²) in [6, 6.07) is 10.0. The minimum absolute atomic E-state index is 0.364. The molecule has 1 aliphatic carbocycles. The monoisotopic (exact) mass is 244 g/mol. The van der Waals surface area contributed by atoms with Gasteiger partial charge >= 0.3 is 0 Å². The first kappa shape index (κ1) is 12.2. The molecule has 1 heterocycles. The summed E-state index contributed by atoms with van der Waals surface area (Å²) < 4.78 is 0. The fourth-order valence-electron chi connectivity index (χ4n) is 3.67. The van der Waals surface area contributed by atoms with Crippen LogP contribution in [0.25, 0.3) is 0 Å². The Balaban J connectivity index is 1.68. The Morgan fingerprint density at radius 2 is 1.89 bits per heavy atom. The van der Waals surface area contributed by atoms with Gasteiger partial charge in [-0.2, -0.15) is 0 Å². The summed E-state index contributed by atoms with van der Waals surface area (Å²) >= 11 is 0. The Kier molecular flexibility index (Phi) is 3.40. The van der Waals surface area contributed by atoms with Gasteiger partial charge < -0.3 is 5.73 Å². The number of rotatable bonds is 2. The lowest BCUT2D eigenvalue weighted by Gasteiger charge is -2.37. The van der Waals surface area contributed by atoms with Gasteiger partial charge in [0.15, 0.2) is 0 Å². The van der Waals surface area contributed by atoms with E-state index in [0.717, 1.165) is 5.92 Å². The maximum Gasteiger partial charge on any atom is 0.0354 e. The standard InChI is InChI=1S/C16H24N2/c1-12(17)13-8-10-18(11-9-13)16-7-6-14-4-2-3-5-15(14)16/h2-5,12-13,16H,6-11,17H2,1H3.